The lowest BCUT2D eigenvalue weighted by Crippen LogP contribution is -2.11. The highest BCUT2D eigenvalue weighted by molar-refractivity contribution is 4.85. The summed E-state index contributed by atoms with van der Waals surface area (Å²) in [7, 11) is 0. The molecule has 0 bridgehead atoms. The van der Waals surface area contributed by atoms with Gasteiger partial charge in [-0.05, 0) is 50.2 Å². The second-order valence-corrected chi connectivity index (χ2v) is 4.02. The molecule has 0 aromatic carbocycles. The second kappa shape index (κ2) is 5.22. The minimum atomic E-state index is 0.952. The van der Waals surface area contributed by atoms with E-state index in [1.165, 1.54) is 32.1 Å². The van der Waals surface area contributed by atoms with E-state index in [9.17, 15) is 0 Å². The van der Waals surface area contributed by atoms with Crippen molar-refractivity contribution in [2.24, 2.45) is 11.8 Å². The molecule has 12 heavy (non-hydrogen) atoms. The summed E-state index contributed by atoms with van der Waals surface area (Å²) < 4.78 is 0. The second-order valence-electron chi connectivity index (χ2n) is 4.02. The first-order chi connectivity index (χ1) is 5.83. The zero-order valence-electron chi connectivity index (χ0n) is 8.34. The molecule has 0 atom stereocenters. The summed E-state index contributed by atoms with van der Waals surface area (Å²) in [6, 6.07) is 0. The summed E-state index contributed by atoms with van der Waals surface area (Å²) in [5.74, 6) is 1.93. The van der Waals surface area contributed by atoms with Gasteiger partial charge in [0.05, 0.1) is 0 Å². The smallest absolute Gasteiger partial charge is 0.0246 e. The fourth-order valence-corrected chi connectivity index (χ4v) is 1.92. The fraction of sp³-hybridized carbons (Fsp3) is 0.750. The molecule has 0 aliphatic heterocycles. The Balaban J connectivity index is 2.22. The molecule has 68 valence electrons. The monoisotopic (exact) mass is 164 g/mol. The van der Waals surface area contributed by atoms with E-state index in [2.05, 4.69) is 18.7 Å². The van der Waals surface area contributed by atoms with Crippen molar-refractivity contribution < 1.29 is 0 Å². The summed E-state index contributed by atoms with van der Waals surface area (Å²) >= 11 is 0. The molecular formula is C12H20. The van der Waals surface area contributed by atoms with Crippen LogP contribution in [0.4, 0.5) is 0 Å². The summed E-state index contributed by atoms with van der Waals surface area (Å²) in [6.45, 7) is 4.40. The first-order valence-corrected chi connectivity index (χ1v) is 5.18. The fourth-order valence-electron chi connectivity index (χ4n) is 1.92. The molecule has 0 aromatic heterocycles. The highest BCUT2D eigenvalue weighted by Gasteiger charge is 2.16. The van der Waals surface area contributed by atoms with Crippen LogP contribution < -0.4 is 0 Å². The van der Waals surface area contributed by atoms with Gasteiger partial charge in [-0.25, -0.2) is 0 Å². The van der Waals surface area contributed by atoms with Gasteiger partial charge in [0.25, 0.3) is 0 Å². The Hall–Kier alpha value is -0.480. The maximum atomic E-state index is 3.16. The lowest BCUT2D eigenvalue weighted by Gasteiger charge is -2.24. The van der Waals surface area contributed by atoms with Crippen molar-refractivity contribution in [2.75, 3.05) is 0 Å². The van der Waals surface area contributed by atoms with Gasteiger partial charge in [-0.1, -0.05) is 19.8 Å². The van der Waals surface area contributed by atoms with Crippen molar-refractivity contribution in [3.8, 4) is 0 Å². The van der Waals surface area contributed by atoms with E-state index in [-0.39, 0.29) is 0 Å². The Bertz CT molecular complexity index is 164. The average molecular weight is 164 g/mol. The molecule has 0 unspecified atom stereocenters. The highest BCUT2D eigenvalue weighted by atomic mass is 14.2. The first kappa shape index (κ1) is 9.61. The molecule has 0 saturated heterocycles. The average Bonchev–Trinajstić information content (AvgIpc) is 2.09. The quantitative estimate of drug-likeness (QED) is 0.542. The van der Waals surface area contributed by atoms with Gasteiger partial charge in [-0.3, -0.25) is 0 Å². The summed E-state index contributed by atoms with van der Waals surface area (Å²) in [5, 5.41) is 0. The summed E-state index contributed by atoms with van der Waals surface area (Å²) in [4.78, 5) is 0. The largest absolute Gasteiger partial charge is 0.130 e. The van der Waals surface area contributed by atoms with E-state index in [1.54, 1.807) is 0 Å². The Morgan fingerprint density at radius 2 is 1.92 bits per heavy atom. The Labute approximate surface area is 76.4 Å². The van der Waals surface area contributed by atoms with E-state index < -0.39 is 0 Å². The lowest BCUT2D eigenvalue weighted by atomic mass is 9.81. The van der Waals surface area contributed by atoms with Crippen LogP contribution in [-0.2, 0) is 0 Å². The van der Waals surface area contributed by atoms with Crippen LogP contribution in [0.2, 0.25) is 0 Å². The molecule has 0 nitrogen and oxygen atoms in total. The molecule has 0 heteroatoms. The van der Waals surface area contributed by atoms with Crippen LogP contribution >= 0.6 is 0 Å². The van der Waals surface area contributed by atoms with Crippen molar-refractivity contribution in [2.45, 2.75) is 46.0 Å². The van der Waals surface area contributed by atoms with Crippen molar-refractivity contribution in [3.05, 3.63) is 17.9 Å². The standard InChI is InChI=1S/C12H20/c1-3-4-5-6-12-9-7-11(2)8-10-12/h3,5,11-12H,6-10H2,1-2H3. The third-order valence-electron chi connectivity index (χ3n) is 2.87. The van der Waals surface area contributed by atoms with Gasteiger partial charge in [-0.15, -0.1) is 5.73 Å². The number of allylic oxidation sites excluding steroid dienone is 1. The minimum absolute atomic E-state index is 0.952. The van der Waals surface area contributed by atoms with Crippen LogP contribution in [0.15, 0.2) is 17.9 Å². The van der Waals surface area contributed by atoms with Gasteiger partial charge in [0.2, 0.25) is 0 Å². The van der Waals surface area contributed by atoms with Crippen LogP contribution in [0.1, 0.15) is 46.0 Å². The van der Waals surface area contributed by atoms with Crippen molar-refractivity contribution in [1.29, 1.82) is 0 Å². The molecule has 0 amide bonds. The number of rotatable bonds is 2. The Kier molecular flexibility index (Phi) is 4.18. The number of hydrogen-bond acceptors (Lipinski definition) is 0. The molecule has 0 heterocycles. The predicted octanol–water partition coefficient (Wildman–Crippen LogP) is 3.93. The molecule has 0 N–H and O–H groups in total. The van der Waals surface area contributed by atoms with Crippen LogP contribution in [-0.4, -0.2) is 0 Å². The maximum absolute atomic E-state index is 3.16. The van der Waals surface area contributed by atoms with E-state index >= 15 is 0 Å². The zero-order valence-corrected chi connectivity index (χ0v) is 8.34. The normalized spacial score (nSPS) is 29.2. The van der Waals surface area contributed by atoms with Crippen molar-refractivity contribution >= 4 is 0 Å². The summed E-state index contributed by atoms with van der Waals surface area (Å²) in [5.41, 5.74) is 3.16. The van der Waals surface area contributed by atoms with E-state index in [0.29, 0.717) is 0 Å². The van der Waals surface area contributed by atoms with E-state index in [0.717, 1.165) is 11.8 Å². The molecule has 0 spiro atoms. The zero-order chi connectivity index (χ0) is 8.81. The van der Waals surface area contributed by atoms with Gasteiger partial charge >= 0.3 is 0 Å². The maximum Gasteiger partial charge on any atom is -0.0246 e. The molecular weight excluding hydrogens is 144 g/mol. The Morgan fingerprint density at radius 3 is 2.50 bits per heavy atom. The molecule has 1 saturated carbocycles. The van der Waals surface area contributed by atoms with Crippen molar-refractivity contribution in [1.82, 2.24) is 0 Å². The van der Waals surface area contributed by atoms with Gasteiger partial charge in [0, 0.05) is 0 Å². The van der Waals surface area contributed by atoms with E-state index in [4.69, 9.17) is 0 Å². The van der Waals surface area contributed by atoms with Crippen LogP contribution in [0.25, 0.3) is 0 Å². The molecule has 1 fully saturated rings. The molecule has 0 aromatic rings. The topological polar surface area (TPSA) is 0 Å². The van der Waals surface area contributed by atoms with E-state index in [1.807, 2.05) is 13.0 Å². The minimum Gasteiger partial charge on any atom is -0.130 e. The third kappa shape index (κ3) is 3.28. The molecule has 1 aliphatic carbocycles. The van der Waals surface area contributed by atoms with Crippen LogP contribution in [0, 0.1) is 11.8 Å². The van der Waals surface area contributed by atoms with Gasteiger partial charge in [0.15, 0.2) is 0 Å². The van der Waals surface area contributed by atoms with Gasteiger partial charge in [0.1, 0.15) is 0 Å². The Morgan fingerprint density at radius 1 is 1.25 bits per heavy atom. The third-order valence-corrected chi connectivity index (χ3v) is 2.87. The highest BCUT2D eigenvalue weighted by Crippen LogP contribution is 2.30. The first-order valence-electron chi connectivity index (χ1n) is 5.18. The van der Waals surface area contributed by atoms with Crippen LogP contribution in [0.5, 0.6) is 0 Å². The van der Waals surface area contributed by atoms with Gasteiger partial charge in [-0.2, -0.15) is 0 Å². The van der Waals surface area contributed by atoms with Crippen molar-refractivity contribution in [3.63, 3.8) is 0 Å². The number of hydrogen-bond donors (Lipinski definition) is 0. The lowest BCUT2D eigenvalue weighted by molar-refractivity contribution is 0.292. The SMILES string of the molecule is CC=C=CCC1CCC(C)CC1. The summed E-state index contributed by atoms with van der Waals surface area (Å²) in [6.07, 6.45) is 11.2. The molecule has 1 rings (SSSR count). The molecule has 0 radical (unpaired) electrons. The van der Waals surface area contributed by atoms with Gasteiger partial charge < -0.3 is 0 Å². The predicted molar refractivity (Wildman–Crippen MR) is 54.1 cm³/mol. The van der Waals surface area contributed by atoms with Crippen LogP contribution in [0.3, 0.4) is 0 Å². The molecule has 1 aliphatic rings.